The van der Waals surface area contributed by atoms with Crippen molar-refractivity contribution in [2.75, 3.05) is 0 Å². The molecule has 92 valence electrons. The Balaban J connectivity index is 2.45. The first-order valence-electron chi connectivity index (χ1n) is 5.93. The van der Waals surface area contributed by atoms with Gasteiger partial charge in [0.1, 0.15) is 10.9 Å². The lowest BCUT2D eigenvalue weighted by molar-refractivity contribution is 0.797. The number of hydrogen-bond acceptors (Lipinski definition) is 3. The van der Waals surface area contributed by atoms with E-state index in [0.29, 0.717) is 0 Å². The van der Waals surface area contributed by atoms with Crippen molar-refractivity contribution in [1.82, 2.24) is 4.98 Å². The van der Waals surface area contributed by atoms with Gasteiger partial charge in [-0.25, -0.2) is 4.98 Å². The minimum atomic E-state index is 0.0873. The Morgan fingerprint density at radius 3 is 2.71 bits per heavy atom. The quantitative estimate of drug-likeness (QED) is 0.481. The lowest BCUT2D eigenvalue weighted by Crippen LogP contribution is -2.17. The highest BCUT2D eigenvalue weighted by Gasteiger charge is 2.21. The summed E-state index contributed by atoms with van der Waals surface area (Å²) in [4.78, 5) is 4.70. The van der Waals surface area contributed by atoms with Gasteiger partial charge in [0.25, 0.3) is 0 Å². The summed E-state index contributed by atoms with van der Waals surface area (Å²) in [5.74, 6) is 0.124. The Hall–Kier alpha value is -1.03. The number of fused-ring (bicyclic) bond motifs is 1. The summed E-state index contributed by atoms with van der Waals surface area (Å²) >= 11 is 1.69. The number of rotatable bonds is 2. The van der Waals surface area contributed by atoms with Crippen molar-refractivity contribution in [1.29, 1.82) is 5.41 Å². The standard InChI is InChI=1S/C13H19N3S/c1-13(2,3)17-12-9(11(14)15)7-8-5-4-6-10(8)16-12/h7H,4-6H2,1-3H3,(H3,14,15). The van der Waals surface area contributed by atoms with Gasteiger partial charge in [-0.15, -0.1) is 0 Å². The minimum absolute atomic E-state index is 0.0873. The summed E-state index contributed by atoms with van der Waals surface area (Å²) in [6, 6.07) is 2.06. The van der Waals surface area contributed by atoms with Crippen LogP contribution in [0.1, 0.15) is 44.0 Å². The molecule has 0 saturated heterocycles. The van der Waals surface area contributed by atoms with Gasteiger partial charge in [-0.1, -0.05) is 32.5 Å². The highest BCUT2D eigenvalue weighted by Crippen LogP contribution is 2.35. The molecule has 1 aromatic heterocycles. The Kier molecular flexibility index (Phi) is 3.17. The molecule has 1 heterocycles. The predicted molar refractivity (Wildman–Crippen MR) is 72.9 cm³/mol. The molecule has 4 heteroatoms. The van der Waals surface area contributed by atoms with Gasteiger partial charge in [0.2, 0.25) is 0 Å². The highest BCUT2D eigenvalue weighted by molar-refractivity contribution is 8.00. The monoisotopic (exact) mass is 249 g/mol. The first-order chi connectivity index (χ1) is 7.87. The predicted octanol–water partition coefficient (Wildman–Crippen LogP) is 2.74. The molecule has 3 nitrogen and oxygen atoms in total. The van der Waals surface area contributed by atoms with Crippen LogP contribution in [0.4, 0.5) is 0 Å². The summed E-state index contributed by atoms with van der Waals surface area (Å²) < 4.78 is 0.0873. The van der Waals surface area contributed by atoms with Gasteiger partial charge in [0, 0.05) is 16.0 Å². The molecule has 0 fully saturated rings. The van der Waals surface area contributed by atoms with Gasteiger partial charge < -0.3 is 5.73 Å². The van der Waals surface area contributed by atoms with Crippen LogP contribution < -0.4 is 5.73 Å². The maximum Gasteiger partial charge on any atom is 0.125 e. The Bertz CT molecular complexity index is 460. The zero-order chi connectivity index (χ0) is 12.6. The van der Waals surface area contributed by atoms with Crippen LogP contribution in [0.15, 0.2) is 11.1 Å². The number of aryl methyl sites for hydroxylation is 2. The van der Waals surface area contributed by atoms with Crippen LogP contribution in [0, 0.1) is 5.41 Å². The van der Waals surface area contributed by atoms with E-state index in [2.05, 4.69) is 26.8 Å². The molecule has 0 aliphatic heterocycles. The number of nitrogens with one attached hydrogen (secondary N) is 1. The summed E-state index contributed by atoms with van der Waals surface area (Å²) in [7, 11) is 0. The number of aromatic nitrogens is 1. The van der Waals surface area contributed by atoms with Crippen molar-refractivity contribution in [2.24, 2.45) is 5.73 Å². The Labute approximate surface area is 107 Å². The van der Waals surface area contributed by atoms with E-state index < -0.39 is 0 Å². The van der Waals surface area contributed by atoms with E-state index in [4.69, 9.17) is 16.1 Å². The van der Waals surface area contributed by atoms with Crippen molar-refractivity contribution in [3.8, 4) is 0 Å². The van der Waals surface area contributed by atoms with Gasteiger partial charge in [-0.3, -0.25) is 5.41 Å². The summed E-state index contributed by atoms with van der Waals surface area (Å²) in [6.45, 7) is 6.45. The van der Waals surface area contributed by atoms with Gasteiger partial charge in [-0.2, -0.15) is 0 Å². The third-order valence-corrected chi connectivity index (χ3v) is 3.83. The molecule has 0 spiro atoms. The molecule has 0 bridgehead atoms. The molecule has 17 heavy (non-hydrogen) atoms. The SMILES string of the molecule is CC(C)(C)Sc1nc2c(cc1C(=N)N)CCC2. The topological polar surface area (TPSA) is 62.8 Å². The van der Waals surface area contributed by atoms with E-state index in [1.807, 2.05) is 0 Å². The fourth-order valence-corrected chi connectivity index (χ4v) is 3.03. The number of amidine groups is 1. The van der Waals surface area contributed by atoms with Crippen LogP contribution in [0.3, 0.4) is 0 Å². The second-order valence-electron chi connectivity index (χ2n) is 5.43. The fraction of sp³-hybridized carbons (Fsp3) is 0.538. The summed E-state index contributed by atoms with van der Waals surface area (Å²) in [5, 5.41) is 8.58. The maximum absolute atomic E-state index is 7.67. The molecular weight excluding hydrogens is 230 g/mol. The molecule has 0 radical (unpaired) electrons. The van der Waals surface area contributed by atoms with Crippen LogP contribution in [0.2, 0.25) is 0 Å². The Morgan fingerprint density at radius 1 is 1.41 bits per heavy atom. The smallest absolute Gasteiger partial charge is 0.125 e. The minimum Gasteiger partial charge on any atom is -0.384 e. The van der Waals surface area contributed by atoms with Crippen LogP contribution in [-0.2, 0) is 12.8 Å². The largest absolute Gasteiger partial charge is 0.384 e. The van der Waals surface area contributed by atoms with Crippen molar-refractivity contribution in [2.45, 2.75) is 49.8 Å². The third kappa shape index (κ3) is 2.80. The van der Waals surface area contributed by atoms with Crippen LogP contribution >= 0.6 is 11.8 Å². The van der Waals surface area contributed by atoms with Crippen molar-refractivity contribution in [3.05, 3.63) is 22.9 Å². The number of nitrogen functional groups attached to an aromatic ring is 1. The van der Waals surface area contributed by atoms with E-state index >= 15 is 0 Å². The zero-order valence-electron chi connectivity index (χ0n) is 10.6. The first kappa shape index (κ1) is 12.4. The second-order valence-corrected chi connectivity index (χ2v) is 7.24. The van der Waals surface area contributed by atoms with E-state index in [9.17, 15) is 0 Å². The van der Waals surface area contributed by atoms with Gasteiger partial charge in [0.15, 0.2) is 0 Å². The molecule has 2 rings (SSSR count). The molecule has 0 aromatic carbocycles. The number of thioether (sulfide) groups is 1. The Morgan fingerprint density at radius 2 is 2.12 bits per heavy atom. The highest BCUT2D eigenvalue weighted by atomic mass is 32.2. The molecular formula is C13H19N3S. The van der Waals surface area contributed by atoms with Crippen molar-refractivity contribution < 1.29 is 0 Å². The fourth-order valence-electron chi connectivity index (χ4n) is 2.01. The summed E-state index contributed by atoms with van der Waals surface area (Å²) in [6.07, 6.45) is 3.30. The van der Waals surface area contributed by atoms with Crippen molar-refractivity contribution in [3.63, 3.8) is 0 Å². The molecule has 0 saturated carbocycles. The molecule has 1 aromatic rings. The maximum atomic E-state index is 7.67. The normalized spacial score (nSPS) is 14.8. The van der Waals surface area contributed by atoms with Gasteiger partial charge >= 0.3 is 0 Å². The van der Waals surface area contributed by atoms with Crippen LogP contribution in [-0.4, -0.2) is 15.6 Å². The molecule has 1 aliphatic rings. The third-order valence-electron chi connectivity index (χ3n) is 2.71. The average molecular weight is 249 g/mol. The molecule has 0 unspecified atom stereocenters. The molecule has 3 N–H and O–H groups in total. The molecule has 0 atom stereocenters. The first-order valence-corrected chi connectivity index (χ1v) is 6.75. The zero-order valence-corrected chi connectivity index (χ0v) is 11.4. The van der Waals surface area contributed by atoms with Crippen molar-refractivity contribution >= 4 is 17.6 Å². The number of nitrogens with two attached hydrogens (primary N) is 1. The van der Waals surface area contributed by atoms with Gasteiger partial charge in [0.05, 0.1) is 0 Å². The number of hydrogen-bond donors (Lipinski definition) is 2. The second kappa shape index (κ2) is 4.33. The van der Waals surface area contributed by atoms with E-state index in [1.54, 1.807) is 11.8 Å². The molecule has 0 amide bonds. The van der Waals surface area contributed by atoms with Crippen LogP contribution in [0.5, 0.6) is 0 Å². The van der Waals surface area contributed by atoms with Crippen LogP contribution in [0.25, 0.3) is 0 Å². The van der Waals surface area contributed by atoms with E-state index in [1.165, 1.54) is 17.7 Å². The average Bonchev–Trinajstić information content (AvgIpc) is 2.60. The lowest BCUT2D eigenvalue weighted by Gasteiger charge is -2.19. The summed E-state index contributed by atoms with van der Waals surface area (Å²) in [5.41, 5.74) is 8.92. The van der Waals surface area contributed by atoms with E-state index in [-0.39, 0.29) is 10.6 Å². The number of pyridine rings is 1. The molecule has 1 aliphatic carbocycles. The lowest BCUT2D eigenvalue weighted by atomic mass is 10.1. The number of nitrogens with zero attached hydrogens (tertiary/aromatic N) is 1. The van der Waals surface area contributed by atoms with Gasteiger partial charge in [-0.05, 0) is 30.9 Å². The van der Waals surface area contributed by atoms with E-state index in [0.717, 1.165) is 23.4 Å².